The fraction of sp³-hybridized carbons (Fsp3) is 0.682. The zero-order valence-corrected chi connectivity index (χ0v) is 19.5. The predicted octanol–water partition coefficient (Wildman–Crippen LogP) is 1.84. The van der Waals surface area contributed by atoms with Crippen molar-refractivity contribution < 1.29 is 24.9 Å². The third kappa shape index (κ3) is 5.93. The Balaban J connectivity index is 1.83. The minimum Gasteiger partial charge on any atom is -0.387 e. The van der Waals surface area contributed by atoms with Crippen LogP contribution in [0.4, 0.5) is 0 Å². The number of amides is 1. The molecule has 3 rings (SSSR count). The summed E-state index contributed by atoms with van der Waals surface area (Å²) in [5.41, 5.74) is -0.0250. The van der Waals surface area contributed by atoms with Crippen LogP contribution in [0.1, 0.15) is 44.2 Å². The van der Waals surface area contributed by atoms with Gasteiger partial charge in [0, 0.05) is 5.02 Å². The second kappa shape index (κ2) is 11.3. The topological polar surface area (TPSA) is 111 Å². The standard InChI is InChI=1S/C22H33ClN2O5S/c1-3-4-12-9-10-24-15(11-12)21(29)25-16(13-5-7-14(23)8-6-13)20-18(27)17(26)19(28)22(30-20)31-2/h5-8,12,15-20,22,24,26-28H,3-4,9-11H2,1-2H3,(H,25,29)/t12-,15+,16-,17+,18-,19-,20-,22-/m1/s1. The first kappa shape index (κ1) is 24.8. The Kier molecular flexibility index (Phi) is 9.04. The summed E-state index contributed by atoms with van der Waals surface area (Å²) >= 11 is 7.28. The highest BCUT2D eigenvalue weighted by Crippen LogP contribution is 2.34. The van der Waals surface area contributed by atoms with E-state index in [-0.39, 0.29) is 11.9 Å². The highest BCUT2D eigenvalue weighted by molar-refractivity contribution is 7.99. The van der Waals surface area contributed by atoms with Crippen molar-refractivity contribution in [1.29, 1.82) is 0 Å². The van der Waals surface area contributed by atoms with Gasteiger partial charge in [-0.3, -0.25) is 4.79 Å². The van der Waals surface area contributed by atoms with E-state index in [0.29, 0.717) is 16.5 Å². The molecule has 7 nitrogen and oxygen atoms in total. The maximum Gasteiger partial charge on any atom is 0.237 e. The van der Waals surface area contributed by atoms with E-state index in [9.17, 15) is 20.1 Å². The van der Waals surface area contributed by atoms with Crippen LogP contribution in [-0.2, 0) is 9.53 Å². The quantitative estimate of drug-likeness (QED) is 0.411. The summed E-state index contributed by atoms with van der Waals surface area (Å²) in [6.07, 6.45) is 0.842. The van der Waals surface area contributed by atoms with Crippen molar-refractivity contribution in [3.8, 4) is 0 Å². The number of nitrogens with one attached hydrogen (secondary N) is 2. The predicted molar refractivity (Wildman–Crippen MR) is 122 cm³/mol. The zero-order chi connectivity index (χ0) is 22.5. The highest BCUT2D eigenvalue weighted by Gasteiger charge is 2.47. The second-order valence-corrected chi connectivity index (χ2v) is 9.77. The van der Waals surface area contributed by atoms with Gasteiger partial charge >= 0.3 is 0 Å². The van der Waals surface area contributed by atoms with Gasteiger partial charge in [0.1, 0.15) is 29.9 Å². The number of hydrogen-bond acceptors (Lipinski definition) is 7. The van der Waals surface area contributed by atoms with E-state index in [1.807, 2.05) is 0 Å². The largest absolute Gasteiger partial charge is 0.387 e. The molecule has 0 unspecified atom stereocenters. The lowest BCUT2D eigenvalue weighted by Gasteiger charge is -2.43. The lowest BCUT2D eigenvalue weighted by atomic mass is 9.87. The van der Waals surface area contributed by atoms with Gasteiger partial charge in [-0.2, -0.15) is 0 Å². The van der Waals surface area contributed by atoms with E-state index < -0.39 is 35.9 Å². The average molecular weight is 473 g/mol. The number of carbonyl (C=O) groups excluding carboxylic acids is 1. The first-order chi connectivity index (χ1) is 14.8. The Morgan fingerprint density at radius 3 is 2.61 bits per heavy atom. The molecule has 0 spiro atoms. The minimum absolute atomic E-state index is 0.169. The normalized spacial score (nSPS) is 34.8. The molecule has 1 aromatic carbocycles. The lowest BCUT2D eigenvalue weighted by Crippen LogP contribution is -2.61. The van der Waals surface area contributed by atoms with Gasteiger partial charge in [-0.15, -0.1) is 11.8 Å². The van der Waals surface area contributed by atoms with Gasteiger partial charge in [0.05, 0.1) is 12.1 Å². The number of halogens is 1. The number of aliphatic hydroxyl groups is 3. The van der Waals surface area contributed by atoms with Crippen molar-refractivity contribution in [2.45, 2.75) is 74.5 Å². The van der Waals surface area contributed by atoms with Crippen LogP contribution in [0.5, 0.6) is 0 Å². The second-order valence-electron chi connectivity index (χ2n) is 8.40. The molecule has 2 fully saturated rings. The molecule has 5 N–H and O–H groups in total. The lowest BCUT2D eigenvalue weighted by molar-refractivity contribution is -0.206. The van der Waals surface area contributed by atoms with E-state index >= 15 is 0 Å². The third-order valence-electron chi connectivity index (χ3n) is 6.22. The molecule has 2 aliphatic rings. The SMILES string of the molecule is CCC[C@@H]1CCN[C@H](C(=O)N[C@H](c2ccc(Cl)cc2)[C@H]2O[C@H](SC)[C@H](O)[C@@H](O)[C@H]2O)C1. The van der Waals surface area contributed by atoms with Crippen LogP contribution in [-0.4, -0.2) is 69.9 Å². The molecular formula is C22H33ClN2O5S. The first-order valence-electron chi connectivity index (χ1n) is 10.9. The Bertz CT molecular complexity index is 720. The number of ether oxygens (including phenoxy) is 1. The molecule has 2 saturated heterocycles. The van der Waals surface area contributed by atoms with Gasteiger partial charge < -0.3 is 30.7 Å². The minimum atomic E-state index is -1.38. The smallest absolute Gasteiger partial charge is 0.237 e. The van der Waals surface area contributed by atoms with Crippen LogP contribution in [0, 0.1) is 5.92 Å². The maximum atomic E-state index is 13.2. The van der Waals surface area contributed by atoms with Crippen LogP contribution in [0.2, 0.25) is 5.02 Å². The van der Waals surface area contributed by atoms with Crippen LogP contribution >= 0.6 is 23.4 Å². The molecule has 1 aromatic rings. The number of hydrogen-bond donors (Lipinski definition) is 5. The van der Waals surface area contributed by atoms with Crippen molar-refractivity contribution in [3.63, 3.8) is 0 Å². The summed E-state index contributed by atoms with van der Waals surface area (Å²) in [7, 11) is 0. The average Bonchev–Trinajstić information content (AvgIpc) is 2.77. The van der Waals surface area contributed by atoms with Crippen LogP contribution in [0.15, 0.2) is 24.3 Å². The molecule has 0 radical (unpaired) electrons. The van der Waals surface area contributed by atoms with Gasteiger partial charge in [0.25, 0.3) is 0 Å². The molecule has 2 aliphatic heterocycles. The van der Waals surface area contributed by atoms with Crippen molar-refractivity contribution in [3.05, 3.63) is 34.9 Å². The third-order valence-corrected chi connectivity index (χ3v) is 7.33. The van der Waals surface area contributed by atoms with Gasteiger partial charge in [0.2, 0.25) is 5.91 Å². The summed E-state index contributed by atoms with van der Waals surface area (Å²) in [6, 6.07) is 5.90. The maximum absolute atomic E-state index is 13.2. The molecule has 31 heavy (non-hydrogen) atoms. The van der Waals surface area contributed by atoms with E-state index in [1.54, 1.807) is 30.5 Å². The van der Waals surface area contributed by atoms with E-state index in [4.69, 9.17) is 16.3 Å². The van der Waals surface area contributed by atoms with Gasteiger partial charge in [0.15, 0.2) is 0 Å². The van der Waals surface area contributed by atoms with Crippen molar-refractivity contribution in [2.75, 3.05) is 12.8 Å². The molecule has 8 atom stereocenters. The van der Waals surface area contributed by atoms with Gasteiger partial charge in [-0.05, 0) is 49.3 Å². The van der Waals surface area contributed by atoms with Crippen molar-refractivity contribution >= 4 is 29.3 Å². The number of benzene rings is 1. The van der Waals surface area contributed by atoms with E-state index in [0.717, 1.165) is 32.2 Å². The first-order valence-corrected chi connectivity index (χ1v) is 12.5. The molecule has 9 heteroatoms. The molecule has 0 saturated carbocycles. The van der Waals surface area contributed by atoms with E-state index in [1.165, 1.54) is 11.8 Å². The molecule has 0 bridgehead atoms. The Labute approximate surface area is 192 Å². The fourth-order valence-electron chi connectivity index (χ4n) is 4.49. The molecule has 174 valence electrons. The van der Waals surface area contributed by atoms with Crippen LogP contribution in [0.25, 0.3) is 0 Å². The monoisotopic (exact) mass is 472 g/mol. The number of thioether (sulfide) groups is 1. The Hall–Kier alpha value is -0.870. The highest BCUT2D eigenvalue weighted by atomic mass is 35.5. The molecular weight excluding hydrogens is 440 g/mol. The van der Waals surface area contributed by atoms with Crippen molar-refractivity contribution in [2.24, 2.45) is 5.92 Å². The van der Waals surface area contributed by atoms with Crippen LogP contribution in [0.3, 0.4) is 0 Å². The van der Waals surface area contributed by atoms with Crippen molar-refractivity contribution in [1.82, 2.24) is 10.6 Å². The Morgan fingerprint density at radius 1 is 1.26 bits per heavy atom. The van der Waals surface area contributed by atoms with Crippen LogP contribution < -0.4 is 10.6 Å². The van der Waals surface area contributed by atoms with Gasteiger partial charge in [-0.25, -0.2) is 0 Å². The van der Waals surface area contributed by atoms with E-state index in [2.05, 4.69) is 17.6 Å². The molecule has 0 aliphatic carbocycles. The summed E-state index contributed by atoms with van der Waals surface area (Å²) < 4.78 is 5.96. The number of carbonyl (C=O) groups is 1. The molecule has 1 amide bonds. The number of piperidine rings is 1. The molecule has 0 aromatic heterocycles. The summed E-state index contributed by atoms with van der Waals surface area (Å²) in [5.74, 6) is 0.336. The van der Waals surface area contributed by atoms with Gasteiger partial charge in [-0.1, -0.05) is 43.5 Å². The summed E-state index contributed by atoms with van der Waals surface area (Å²) in [4.78, 5) is 13.2. The fourth-order valence-corrected chi connectivity index (χ4v) is 5.29. The summed E-state index contributed by atoms with van der Waals surface area (Å²) in [5, 5.41) is 38.2. The number of aliphatic hydroxyl groups excluding tert-OH is 3. The Morgan fingerprint density at radius 2 is 1.97 bits per heavy atom. The molecule has 2 heterocycles. The summed E-state index contributed by atoms with van der Waals surface area (Å²) in [6.45, 7) is 2.94. The number of rotatable bonds is 7. The zero-order valence-electron chi connectivity index (χ0n) is 17.9.